The molecule has 30 heavy (non-hydrogen) atoms. The van der Waals surface area contributed by atoms with E-state index in [-0.39, 0.29) is 5.56 Å². The first-order valence-electron chi connectivity index (χ1n) is 9.79. The van der Waals surface area contributed by atoms with Crippen LogP contribution < -0.4 is 16.4 Å². The molecule has 3 rings (SSSR count). The number of carbonyl (C=O) groups is 2. The van der Waals surface area contributed by atoms with Crippen molar-refractivity contribution in [2.45, 2.75) is 25.4 Å². The number of amides is 2. The van der Waals surface area contributed by atoms with Crippen LogP contribution in [0.2, 0.25) is 0 Å². The summed E-state index contributed by atoms with van der Waals surface area (Å²) >= 11 is 0. The van der Waals surface area contributed by atoms with Crippen molar-refractivity contribution >= 4 is 17.7 Å². The molecule has 0 aliphatic carbocycles. The third-order valence-electron chi connectivity index (χ3n) is 5.00. The van der Waals surface area contributed by atoms with Crippen LogP contribution >= 0.6 is 0 Å². The molecule has 2 atom stereocenters. The van der Waals surface area contributed by atoms with Gasteiger partial charge in [-0.05, 0) is 35.2 Å². The normalized spacial score (nSPS) is 12.6. The maximum absolute atomic E-state index is 12.9. The fourth-order valence-corrected chi connectivity index (χ4v) is 3.49. The SMILES string of the molecule is CCc1c(NC(=O)NC(c2ccccc2)C(N)c2ccccc2)cccc1C(=O)O. The van der Waals surface area contributed by atoms with E-state index in [1.807, 2.05) is 67.6 Å². The van der Waals surface area contributed by atoms with Gasteiger partial charge in [0.1, 0.15) is 0 Å². The van der Waals surface area contributed by atoms with Crippen LogP contribution in [0.4, 0.5) is 10.5 Å². The number of urea groups is 1. The number of nitrogens with two attached hydrogens (primary N) is 1. The Bertz CT molecular complexity index is 1010. The second kappa shape index (κ2) is 9.71. The van der Waals surface area contributed by atoms with Crippen LogP contribution in [0.1, 0.15) is 46.1 Å². The highest BCUT2D eigenvalue weighted by Crippen LogP contribution is 2.27. The largest absolute Gasteiger partial charge is 0.478 e. The number of carboxylic acid groups (broad SMARTS) is 1. The van der Waals surface area contributed by atoms with E-state index in [1.165, 1.54) is 6.07 Å². The first kappa shape index (κ1) is 21.1. The lowest BCUT2D eigenvalue weighted by Gasteiger charge is -2.26. The van der Waals surface area contributed by atoms with Crippen LogP contribution in [0, 0.1) is 0 Å². The van der Waals surface area contributed by atoms with Gasteiger partial charge in [-0.15, -0.1) is 0 Å². The lowest BCUT2D eigenvalue weighted by molar-refractivity contribution is 0.0695. The Kier molecular flexibility index (Phi) is 6.83. The van der Waals surface area contributed by atoms with Crippen molar-refractivity contribution in [3.05, 3.63) is 101 Å². The average molecular weight is 403 g/mol. The summed E-state index contributed by atoms with van der Waals surface area (Å²) in [5.41, 5.74) is 9.50. The van der Waals surface area contributed by atoms with Gasteiger partial charge in [0.15, 0.2) is 0 Å². The van der Waals surface area contributed by atoms with Crippen LogP contribution in [-0.2, 0) is 6.42 Å². The Morgan fingerprint density at radius 2 is 1.50 bits per heavy atom. The highest BCUT2D eigenvalue weighted by atomic mass is 16.4. The number of aromatic carboxylic acids is 1. The Morgan fingerprint density at radius 3 is 2.07 bits per heavy atom. The summed E-state index contributed by atoms with van der Waals surface area (Å²) in [5, 5.41) is 15.2. The second-order valence-electron chi connectivity index (χ2n) is 6.91. The molecule has 0 aliphatic heterocycles. The van der Waals surface area contributed by atoms with Gasteiger partial charge in [0.25, 0.3) is 0 Å². The molecule has 3 aromatic rings. The molecule has 3 aromatic carbocycles. The molecular formula is C24H25N3O3. The fourth-order valence-electron chi connectivity index (χ4n) is 3.49. The Hall–Kier alpha value is -3.64. The number of anilines is 1. The number of carboxylic acids is 1. The van der Waals surface area contributed by atoms with Crippen molar-refractivity contribution < 1.29 is 14.7 Å². The van der Waals surface area contributed by atoms with Gasteiger partial charge in [-0.25, -0.2) is 9.59 Å². The monoisotopic (exact) mass is 403 g/mol. The highest BCUT2D eigenvalue weighted by molar-refractivity contribution is 5.95. The minimum Gasteiger partial charge on any atom is -0.478 e. The molecule has 0 saturated carbocycles. The van der Waals surface area contributed by atoms with Crippen LogP contribution in [0.15, 0.2) is 78.9 Å². The van der Waals surface area contributed by atoms with Gasteiger partial charge in [0, 0.05) is 5.69 Å². The molecule has 0 bridgehead atoms. The maximum atomic E-state index is 12.9. The summed E-state index contributed by atoms with van der Waals surface area (Å²) in [6.07, 6.45) is 0.476. The maximum Gasteiger partial charge on any atom is 0.336 e. The van der Waals surface area contributed by atoms with E-state index in [9.17, 15) is 14.7 Å². The van der Waals surface area contributed by atoms with Crippen LogP contribution in [0.3, 0.4) is 0 Å². The number of rotatable bonds is 7. The van der Waals surface area contributed by atoms with Crippen molar-refractivity contribution in [2.24, 2.45) is 5.73 Å². The van der Waals surface area contributed by atoms with Crippen LogP contribution in [0.5, 0.6) is 0 Å². The average Bonchev–Trinajstić information content (AvgIpc) is 2.78. The quantitative estimate of drug-likeness (QED) is 0.466. The van der Waals surface area contributed by atoms with Crippen molar-refractivity contribution in [1.29, 1.82) is 0 Å². The zero-order valence-corrected chi connectivity index (χ0v) is 16.7. The zero-order valence-electron chi connectivity index (χ0n) is 16.7. The molecule has 0 aromatic heterocycles. The predicted molar refractivity (Wildman–Crippen MR) is 117 cm³/mol. The third kappa shape index (κ3) is 4.85. The topological polar surface area (TPSA) is 104 Å². The number of nitrogens with one attached hydrogen (secondary N) is 2. The van der Waals surface area contributed by atoms with Gasteiger partial charge < -0.3 is 21.5 Å². The summed E-state index contributed by atoms with van der Waals surface area (Å²) in [6.45, 7) is 1.85. The van der Waals surface area contributed by atoms with E-state index in [1.54, 1.807) is 12.1 Å². The molecule has 0 saturated heterocycles. The smallest absolute Gasteiger partial charge is 0.336 e. The number of carbonyl (C=O) groups excluding carboxylic acids is 1. The summed E-state index contributed by atoms with van der Waals surface area (Å²) in [6, 6.07) is 22.5. The van der Waals surface area contributed by atoms with Crippen LogP contribution in [0.25, 0.3) is 0 Å². The molecule has 0 spiro atoms. The molecule has 0 fully saturated rings. The molecule has 2 amide bonds. The van der Waals surface area contributed by atoms with Crippen LogP contribution in [-0.4, -0.2) is 17.1 Å². The Labute approximate surface area is 175 Å². The van der Waals surface area contributed by atoms with Gasteiger partial charge in [-0.2, -0.15) is 0 Å². The predicted octanol–water partition coefficient (Wildman–Crippen LogP) is 4.51. The van der Waals surface area contributed by atoms with Gasteiger partial charge in [0.2, 0.25) is 0 Å². The number of benzene rings is 3. The van der Waals surface area contributed by atoms with E-state index in [2.05, 4.69) is 10.6 Å². The van der Waals surface area contributed by atoms with E-state index in [4.69, 9.17) is 5.73 Å². The van der Waals surface area contributed by atoms with Gasteiger partial charge in [-0.1, -0.05) is 73.7 Å². The van der Waals surface area contributed by atoms with E-state index in [0.29, 0.717) is 17.7 Å². The van der Waals surface area contributed by atoms with Crippen molar-refractivity contribution in [1.82, 2.24) is 5.32 Å². The molecule has 0 aliphatic rings. The zero-order chi connectivity index (χ0) is 21.5. The first-order valence-corrected chi connectivity index (χ1v) is 9.79. The minimum absolute atomic E-state index is 0.177. The molecule has 5 N–H and O–H groups in total. The minimum atomic E-state index is -1.02. The van der Waals surface area contributed by atoms with Gasteiger partial charge in [0.05, 0.1) is 17.6 Å². The van der Waals surface area contributed by atoms with Crippen molar-refractivity contribution in [3.63, 3.8) is 0 Å². The lowest BCUT2D eigenvalue weighted by atomic mass is 9.94. The Morgan fingerprint density at radius 1 is 0.900 bits per heavy atom. The van der Waals surface area contributed by atoms with E-state index < -0.39 is 24.1 Å². The molecule has 0 radical (unpaired) electrons. The molecule has 6 heteroatoms. The fraction of sp³-hybridized carbons (Fsp3) is 0.167. The standard InChI is InChI=1S/C24H25N3O3/c1-2-18-19(23(28)29)14-9-15-20(18)26-24(30)27-22(17-12-7-4-8-13-17)21(25)16-10-5-3-6-11-16/h3-15,21-22H,2,25H2,1H3,(H,28,29)(H2,26,27,30). The highest BCUT2D eigenvalue weighted by Gasteiger charge is 2.24. The lowest BCUT2D eigenvalue weighted by Crippen LogP contribution is -2.38. The van der Waals surface area contributed by atoms with Gasteiger partial charge in [-0.3, -0.25) is 0 Å². The summed E-state index contributed by atoms with van der Waals surface area (Å²) in [5.74, 6) is -1.02. The molecule has 0 heterocycles. The summed E-state index contributed by atoms with van der Waals surface area (Å²) in [4.78, 5) is 24.3. The van der Waals surface area contributed by atoms with Crippen molar-refractivity contribution in [3.8, 4) is 0 Å². The Balaban J connectivity index is 1.86. The summed E-state index contributed by atoms with van der Waals surface area (Å²) in [7, 11) is 0. The number of hydrogen-bond acceptors (Lipinski definition) is 3. The summed E-state index contributed by atoms with van der Waals surface area (Å²) < 4.78 is 0. The molecule has 154 valence electrons. The van der Waals surface area contributed by atoms with E-state index >= 15 is 0 Å². The molecule has 2 unspecified atom stereocenters. The number of hydrogen-bond donors (Lipinski definition) is 4. The molecular weight excluding hydrogens is 378 g/mol. The van der Waals surface area contributed by atoms with Gasteiger partial charge >= 0.3 is 12.0 Å². The first-order chi connectivity index (χ1) is 14.5. The molecule has 6 nitrogen and oxygen atoms in total. The van der Waals surface area contributed by atoms with E-state index in [0.717, 1.165) is 11.1 Å². The second-order valence-corrected chi connectivity index (χ2v) is 6.91. The third-order valence-corrected chi connectivity index (χ3v) is 5.00. The van der Waals surface area contributed by atoms with Crippen molar-refractivity contribution in [2.75, 3.05) is 5.32 Å².